The number of nitrogens with two attached hydrogens (primary N) is 1. The molecule has 0 aromatic carbocycles. The molecule has 82 valence electrons. The lowest BCUT2D eigenvalue weighted by atomic mass is 9.59. The molecule has 0 saturated heterocycles. The first kappa shape index (κ1) is 10.6. The Balaban J connectivity index is 2.20. The van der Waals surface area contributed by atoms with Crippen molar-refractivity contribution < 1.29 is 4.39 Å². The van der Waals surface area contributed by atoms with Crippen LogP contribution in [0, 0.1) is 17.7 Å². The van der Waals surface area contributed by atoms with E-state index in [4.69, 9.17) is 5.73 Å². The summed E-state index contributed by atoms with van der Waals surface area (Å²) in [5, 5.41) is 0. The fourth-order valence-corrected chi connectivity index (χ4v) is 2.71. The molecule has 0 radical (unpaired) electrons. The maximum absolute atomic E-state index is 12.7. The number of hydrogen-bond acceptors (Lipinski definition) is 2. The molecule has 2 rings (SSSR count). The largest absolute Gasteiger partial charge is 0.327 e. The van der Waals surface area contributed by atoms with Gasteiger partial charge in [0.1, 0.15) is 5.82 Å². The topological polar surface area (TPSA) is 38.9 Å². The van der Waals surface area contributed by atoms with Gasteiger partial charge in [-0.1, -0.05) is 20.3 Å². The molecule has 0 amide bonds. The number of pyridine rings is 1. The number of hydrogen-bond donors (Lipinski definition) is 1. The molecule has 0 spiro atoms. The highest BCUT2D eigenvalue weighted by molar-refractivity contribution is 5.19. The number of nitrogens with zero attached hydrogens (tertiary/aromatic N) is 1. The SMILES string of the molecule is CCC1C(N)C(C)C1c1ccc(F)cn1. The van der Waals surface area contributed by atoms with Gasteiger partial charge in [-0.3, -0.25) is 4.98 Å². The quantitative estimate of drug-likeness (QED) is 0.810. The van der Waals surface area contributed by atoms with E-state index >= 15 is 0 Å². The van der Waals surface area contributed by atoms with E-state index in [1.54, 1.807) is 6.07 Å². The Morgan fingerprint density at radius 3 is 2.73 bits per heavy atom. The van der Waals surface area contributed by atoms with Crippen molar-refractivity contribution in [3.05, 3.63) is 29.8 Å². The van der Waals surface area contributed by atoms with Crippen molar-refractivity contribution in [1.29, 1.82) is 0 Å². The smallest absolute Gasteiger partial charge is 0.141 e. The number of rotatable bonds is 2. The van der Waals surface area contributed by atoms with Crippen LogP contribution in [0.5, 0.6) is 0 Å². The van der Waals surface area contributed by atoms with Gasteiger partial charge in [0.25, 0.3) is 0 Å². The fourth-order valence-electron chi connectivity index (χ4n) is 2.71. The predicted octanol–water partition coefficient (Wildman–Crippen LogP) is 2.31. The minimum absolute atomic E-state index is 0.270. The lowest BCUT2D eigenvalue weighted by molar-refractivity contribution is 0.106. The molecular weight excluding hydrogens is 191 g/mol. The van der Waals surface area contributed by atoms with Gasteiger partial charge in [-0.2, -0.15) is 0 Å². The summed E-state index contributed by atoms with van der Waals surface area (Å²) in [7, 11) is 0. The Hall–Kier alpha value is -0.960. The minimum atomic E-state index is -0.275. The Morgan fingerprint density at radius 1 is 1.47 bits per heavy atom. The van der Waals surface area contributed by atoms with Gasteiger partial charge in [-0.25, -0.2) is 4.39 Å². The van der Waals surface area contributed by atoms with Crippen LogP contribution in [0.1, 0.15) is 31.9 Å². The summed E-state index contributed by atoms with van der Waals surface area (Å²) in [4.78, 5) is 4.15. The fraction of sp³-hybridized carbons (Fsp3) is 0.583. The van der Waals surface area contributed by atoms with Gasteiger partial charge in [0, 0.05) is 17.7 Å². The summed E-state index contributed by atoms with van der Waals surface area (Å²) in [6.45, 7) is 4.29. The first-order chi connectivity index (χ1) is 7.15. The summed E-state index contributed by atoms with van der Waals surface area (Å²) in [6.07, 6.45) is 2.36. The summed E-state index contributed by atoms with van der Waals surface area (Å²) >= 11 is 0. The average molecular weight is 208 g/mol. The zero-order valence-electron chi connectivity index (χ0n) is 9.15. The third kappa shape index (κ3) is 1.65. The third-order valence-corrected chi connectivity index (χ3v) is 3.69. The second-order valence-electron chi connectivity index (χ2n) is 4.44. The Kier molecular flexibility index (Phi) is 2.74. The van der Waals surface area contributed by atoms with Crippen molar-refractivity contribution in [2.45, 2.75) is 32.2 Å². The average Bonchev–Trinajstić information content (AvgIpc) is 2.26. The Morgan fingerprint density at radius 2 is 2.20 bits per heavy atom. The molecule has 3 heteroatoms. The van der Waals surface area contributed by atoms with Crippen LogP contribution >= 0.6 is 0 Å². The molecule has 1 aliphatic carbocycles. The van der Waals surface area contributed by atoms with Crippen molar-refractivity contribution in [2.75, 3.05) is 0 Å². The van der Waals surface area contributed by atoms with Crippen LogP contribution in [-0.4, -0.2) is 11.0 Å². The Labute approximate surface area is 89.7 Å². The lowest BCUT2D eigenvalue weighted by Gasteiger charge is -2.48. The number of aromatic nitrogens is 1. The molecule has 2 N–H and O–H groups in total. The summed E-state index contributed by atoms with van der Waals surface area (Å²) in [6, 6.07) is 3.53. The molecule has 1 saturated carbocycles. The van der Waals surface area contributed by atoms with Gasteiger partial charge in [0.05, 0.1) is 6.20 Å². The summed E-state index contributed by atoms with van der Waals surface area (Å²) in [5.74, 6) is 1.08. The van der Waals surface area contributed by atoms with Crippen molar-refractivity contribution >= 4 is 0 Å². The van der Waals surface area contributed by atoms with Gasteiger partial charge in [-0.05, 0) is 24.0 Å². The molecule has 1 aliphatic rings. The number of halogens is 1. The molecule has 1 aromatic rings. The van der Waals surface area contributed by atoms with Crippen LogP contribution in [0.4, 0.5) is 4.39 Å². The molecule has 0 bridgehead atoms. The van der Waals surface area contributed by atoms with E-state index < -0.39 is 0 Å². The second-order valence-corrected chi connectivity index (χ2v) is 4.44. The highest BCUT2D eigenvalue weighted by Crippen LogP contribution is 2.47. The predicted molar refractivity (Wildman–Crippen MR) is 57.9 cm³/mol. The zero-order chi connectivity index (χ0) is 11.0. The van der Waals surface area contributed by atoms with Crippen molar-refractivity contribution in [3.8, 4) is 0 Å². The van der Waals surface area contributed by atoms with Gasteiger partial charge in [0.2, 0.25) is 0 Å². The van der Waals surface area contributed by atoms with Gasteiger partial charge >= 0.3 is 0 Å². The van der Waals surface area contributed by atoms with E-state index in [9.17, 15) is 4.39 Å². The van der Waals surface area contributed by atoms with Crippen LogP contribution in [0.3, 0.4) is 0 Å². The maximum atomic E-state index is 12.7. The molecule has 1 fully saturated rings. The standard InChI is InChI=1S/C12H17FN2/c1-3-9-11(7(2)12(9)14)10-5-4-8(13)6-15-10/h4-7,9,11-12H,3,14H2,1-2H3. The van der Waals surface area contributed by atoms with Gasteiger partial charge < -0.3 is 5.73 Å². The summed E-state index contributed by atoms with van der Waals surface area (Å²) in [5.41, 5.74) is 7.02. The van der Waals surface area contributed by atoms with E-state index in [-0.39, 0.29) is 11.9 Å². The maximum Gasteiger partial charge on any atom is 0.141 e. The summed E-state index contributed by atoms with van der Waals surface area (Å²) < 4.78 is 12.7. The molecule has 2 nitrogen and oxygen atoms in total. The highest BCUT2D eigenvalue weighted by atomic mass is 19.1. The zero-order valence-corrected chi connectivity index (χ0v) is 9.15. The third-order valence-electron chi connectivity index (χ3n) is 3.69. The van der Waals surface area contributed by atoms with E-state index in [1.165, 1.54) is 12.3 Å². The van der Waals surface area contributed by atoms with Crippen LogP contribution in [0.2, 0.25) is 0 Å². The van der Waals surface area contributed by atoms with Crippen molar-refractivity contribution in [1.82, 2.24) is 4.98 Å². The van der Waals surface area contributed by atoms with Crippen LogP contribution < -0.4 is 5.73 Å². The second kappa shape index (κ2) is 3.89. The Bertz CT molecular complexity index is 336. The first-order valence-corrected chi connectivity index (χ1v) is 5.52. The van der Waals surface area contributed by atoms with Crippen LogP contribution in [-0.2, 0) is 0 Å². The molecular formula is C12H17FN2. The van der Waals surface area contributed by atoms with Crippen molar-refractivity contribution in [2.24, 2.45) is 17.6 Å². The molecule has 15 heavy (non-hydrogen) atoms. The van der Waals surface area contributed by atoms with E-state index in [1.807, 2.05) is 0 Å². The van der Waals surface area contributed by atoms with Crippen LogP contribution in [0.25, 0.3) is 0 Å². The van der Waals surface area contributed by atoms with E-state index in [0.29, 0.717) is 17.8 Å². The van der Waals surface area contributed by atoms with Gasteiger partial charge in [0.15, 0.2) is 0 Å². The highest BCUT2D eigenvalue weighted by Gasteiger charge is 2.45. The van der Waals surface area contributed by atoms with Crippen LogP contribution in [0.15, 0.2) is 18.3 Å². The van der Waals surface area contributed by atoms with Crippen molar-refractivity contribution in [3.63, 3.8) is 0 Å². The van der Waals surface area contributed by atoms with E-state index in [2.05, 4.69) is 18.8 Å². The lowest BCUT2D eigenvalue weighted by Crippen LogP contribution is -2.53. The molecule has 1 aromatic heterocycles. The first-order valence-electron chi connectivity index (χ1n) is 5.52. The normalized spacial score (nSPS) is 34.9. The molecule has 0 aliphatic heterocycles. The minimum Gasteiger partial charge on any atom is -0.327 e. The molecule has 4 unspecified atom stereocenters. The molecule has 4 atom stereocenters. The van der Waals surface area contributed by atoms with E-state index in [0.717, 1.165) is 12.1 Å². The monoisotopic (exact) mass is 208 g/mol. The van der Waals surface area contributed by atoms with Gasteiger partial charge in [-0.15, -0.1) is 0 Å². The molecule has 1 heterocycles.